The summed E-state index contributed by atoms with van der Waals surface area (Å²) in [5.74, 6) is 0.252. The zero-order valence-corrected chi connectivity index (χ0v) is 13.7. The predicted molar refractivity (Wildman–Crippen MR) is 87.7 cm³/mol. The first-order valence-corrected chi connectivity index (χ1v) is 9.74. The minimum absolute atomic E-state index is 0.252. The lowest BCUT2D eigenvalue weighted by Crippen LogP contribution is -2.47. The average molecular weight is 307 g/mol. The molecule has 2 saturated heterocycles. The molecule has 2 unspecified atom stereocenters. The molecule has 2 nitrogen and oxygen atoms in total. The van der Waals surface area contributed by atoms with Crippen LogP contribution in [0.5, 0.6) is 0 Å². The molecule has 1 aromatic rings. The van der Waals surface area contributed by atoms with Gasteiger partial charge in [0.15, 0.2) is 0 Å². The van der Waals surface area contributed by atoms with E-state index in [4.69, 9.17) is 0 Å². The maximum Gasteiger partial charge on any atom is 0.255 e. The number of hydrogen-bond acceptors (Lipinski definition) is 3. The Morgan fingerprint density at radius 2 is 1.80 bits per heavy atom. The third kappa shape index (κ3) is 2.48. The van der Waals surface area contributed by atoms with Gasteiger partial charge in [-0.3, -0.25) is 4.79 Å². The molecule has 1 amide bonds. The van der Waals surface area contributed by atoms with E-state index in [1.165, 1.54) is 25.7 Å². The van der Waals surface area contributed by atoms with E-state index in [-0.39, 0.29) is 5.91 Å². The Morgan fingerprint density at radius 3 is 2.40 bits per heavy atom. The molecule has 3 rings (SSSR count). The Labute approximate surface area is 129 Å². The fourth-order valence-corrected chi connectivity index (χ4v) is 5.03. The monoisotopic (exact) mass is 307 g/mol. The van der Waals surface area contributed by atoms with E-state index in [1.807, 2.05) is 36.2 Å². The summed E-state index contributed by atoms with van der Waals surface area (Å²) in [5.41, 5.74) is 0.888. The summed E-state index contributed by atoms with van der Waals surface area (Å²) >= 11 is 3.63. The van der Waals surface area contributed by atoms with Crippen LogP contribution in [0.15, 0.2) is 29.2 Å². The Kier molecular flexibility index (Phi) is 4.32. The van der Waals surface area contributed by atoms with Gasteiger partial charge in [0.1, 0.15) is 0 Å². The van der Waals surface area contributed by atoms with Crippen LogP contribution in [0.1, 0.15) is 36.0 Å². The zero-order valence-electron chi connectivity index (χ0n) is 12.0. The maximum absolute atomic E-state index is 12.9. The molecule has 0 saturated carbocycles. The second kappa shape index (κ2) is 6.02. The van der Waals surface area contributed by atoms with Gasteiger partial charge in [0, 0.05) is 22.2 Å². The zero-order chi connectivity index (χ0) is 14.1. The van der Waals surface area contributed by atoms with Gasteiger partial charge >= 0.3 is 0 Å². The van der Waals surface area contributed by atoms with E-state index >= 15 is 0 Å². The summed E-state index contributed by atoms with van der Waals surface area (Å²) in [6, 6.07) is 8.95. The van der Waals surface area contributed by atoms with Crippen molar-refractivity contribution in [2.24, 2.45) is 0 Å². The van der Waals surface area contributed by atoms with Crippen molar-refractivity contribution >= 4 is 29.4 Å². The first-order valence-electron chi connectivity index (χ1n) is 7.23. The van der Waals surface area contributed by atoms with E-state index < -0.39 is 0 Å². The minimum Gasteiger partial charge on any atom is -0.333 e. The first kappa shape index (κ1) is 14.3. The second-order valence-corrected chi connectivity index (χ2v) is 7.61. The molecule has 2 heterocycles. The van der Waals surface area contributed by atoms with Crippen molar-refractivity contribution < 1.29 is 4.79 Å². The van der Waals surface area contributed by atoms with Crippen molar-refractivity contribution in [3.8, 4) is 0 Å². The average Bonchev–Trinajstić information content (AvgIpc) is 2.76. The minimum atomic E-state index is 0.252. The van der Waals surface area contributed by atoms with Gasteiger partial charge in [-0.15, -0.1) is 11.8 Å². The number of thioether (sulfide) groups is 2. The van der Waals surface area contributed by atoms with Crippen molar-refractivity contribution in [2.45, 2.75) is 47.9 Å². The second-order valence-electron chi connectivity index (χ2n) is 5.63. The molecule has 20 heavy (non-hydrogen) atoms. The van der Waals surface area contributed by atoms with Crippen molar-refractivity contribution in [1.29, 1.82) is 0 Å². The van der Waals surface area contributed by atoms with Crippen molar-refractivity contribution in [3.05, 3.63) is 29.8 Å². The topological polar surface area (TPSA) is 20.3 Å². The normalized spacial score (nSPS) is 28.7. The lowest BCUT2D eigenvalue weighted by Gasteiger charge is -2.38. The van der Waals surface area contributed by atoms with E-state index in [9.17, 15) is 4.79 Å². The van der Waals surface area contributed by atoms with Crippen molar-refractivity contribution in [1.82, 2.24) is 4.90 Å². The van der Waals surface area contributed by atoms with Crippen LogP contribution in [0.2, 0.25) is 0 Å². The number of carbonyl (C=O) groups excluding carboxylic acids is 1. The number of benzene rings is 1. The van der Waals surface area contributed by atoms with Crippen LogP contribution in [0.25, 0.3) is 0 Å². The largest absolute Gasteiger partial charge is 0.333 e. The molecule has 1 aromatic carbocycles. The fraction of sp³-hybridized carbons (Fsp3) is 0.562. The van der Waals surface area contributed by atoms with Crippen LogP contribution in [-0.2, 0) is 0 Å². The molecule has 0 spiro atoms. The molecule has 4 heteroatoms. The van der Waals surface area contributed by atoms with Gasteiger partial charge in [-0.05, 0) is 50.3 Å². The van der Waals surface area contributed by atoms with Crippen LogP contribution in [0.4, 0.5) is 0 Å². The lowest BCUT2D eigenvalue weighted by atomic mass is 10.0. The van der Waals surface area contributed by atoms with E-state index in [2.05, 4.69) is 17.2 Å². The van der Waals surface area contributed by atoms with E-state index in [1.54, 1.807) is 11.8 Å². The van der Waals surface area contributed by atoms with Gasteiger partial charge in [-0.25, -0.2) is 0 Å². The number of hydrogen-bond donors (Lipinski definition) is 0. The Hall–Kier alpha value is -0.610. The quantitative estimate of drug-likeness (QED) is 0.790. The highest BCUT2D eigenvalue weighted by Crippen LogP contribution is 2.40. The van der Waals surface area contributed by atoms with Crippen LogP contribution < -0.4 is 0 Å². The lowest BCUT2D eigenvalue weighted by molar-refractivity contribution is 0.0598. The summed E-state index contributed by atoms with van der Waals surface area (Å²) in [7, 11) is 0. The van der Waals surface area contributed by atoms with E-state index in [0.717, 1.165) is 15.7 Å². The molecule has 2 aliphatic rings. The third-order valence-corrected chi connectivity index (χ3v) is 6.44. The summed E-state index contributed by atoms with van der Waals surface area (Å²) in [6.07, 6.45) is 8.96. The van der Waals surface area contributed by atoms with Gasteiger partial charge < -0.3 is 4.90 Å². The molecular weight excluding hydrogens is 286 g/mol. The molecule has 2 aliphatic heterocycles. The number of rotatable bonds is 3. The van der Waals surface area contributed by atoms with Gasteiger partial charge in [0.05, 0.1) is 5.56 Å². The van der Waals surface area contributed by atoms with Crippen molar-refractivity contribution in [2.75, 3.05) is 12.5 Å². The van der Waals surface area contributed by atoms with Gasteiger partial charge in [0.2, 0.25) is 0 Å². The third-order valence-electron chi connectivity index (χ3n) is 4.60. The first-order chi connectivity index (χ1) is 9.74. The highest BCUT2D eigenvalue weighted by Gasteiger charge is 2.43. The highest BCUT2D eigenvalue weighted by molar-refractivity contribution is 7.99. The molecule has 2 bridgehead atoms. The van der Waals surface area contributed by atoms with E-state index in [0.29, 0.717) is 12.1 Å². The van der Waals surface area contributed by atoms with Crippen LogP contribution >= 0.6 is 23.5 Å². The Bertz CT molecular complexity index is 491. The molecule has 2 fully saturated rings. The number of carbonyl (C=O) groups is 1. The summed E-state index contributed by atoms with van der Waals surface area (Å²) < 4.78 is 0. The molecule has 0 radical (unpaired) electrons. The summed E-state index contributed by atoms with van der Waals surface area (Å²) in [6.45, 7) is 0. The molecule has 0 aliphatic carbocycles. The Balaban J connectivity index is 1.85. The van der Waals surface area contributed by atoms with Gasteiger partial charge in [-0.1, -0.05) is 12.1 Å². The van der Waals surface area contributed by atoms with Crippen LogP contribution in [0.3, 0.4) is 0 Å². The van der Waals surface area contributed by atoms with Crippen LogP contribution in [-0.4, -0.2) is 40.7 Å². The predicted octanol–water partition coefficient (Wildman–Crippen LogP) is 3.91. The number of amides is 1. The SMILES string of the molecule is CSc1ccccc1C(=O)N1C2CCC1CC(SC)C2. The maximum atomic E-state index is 12.9. The summed E-state index contributed by atoms with van der Waals surface area (Å²) in [5, 5.41) is 0.743. The highest BCUT2D eigenvalue weighted by atomic mass is 32.2. The fourth-order valence-electron chi connectivity index (χ4n) is 3.61. The van der Waals surface area contributed by atoms with Gasteiger partial charge in [-0.2, -0.15) is 11.8 Å². The number of piperidine rings is 1. The molecule has 0 aromatic heterocycles. The summed E-state index contributed by atoms with van der Waals surface area (Å²) in [4.78, 5) is 16.2. The van der Waals surface area contributed by atoms with Gasteiger partial charge in [0.25, 0.3) is 5.91 Å². The molecule has 108 valence electrons. The Morgan fingerprint density at radius 1 is 1.15 bits per heavy atom. The number of fused-ring (bicyclic) bond motifs is 2. The molecule has 0 N–H and O–H groups in total. The number of nitrogens with zero attached hydrogens (tertiary/aromatic N) is 1. The molecular formula is C16H21NOS2. The molecule has 2 atom stereocenters. The standard InChI is InChI=1S/C16H21NOS2/c1-19-13-9-11-7-8-12(10-13)17(11)16(18)14-5-3-4-6-15(14)20-2/h3-6,11-13H,7-10H2,1-2H3. The van der Waals surface area contributed by atoms with Crippen LogP contribution in [0, 0.1) is 0 Å². The smallest absolute Gasteiger partial charge is 0.255 e. The van der Waals surface area contributed by atoms with Crippen molar-refractivity contribution in [3.63, 3.8) is 0 Å².